The number of hydrogen-bond donors (Lipinski definition) is 2. The van der Waals surface area contributed by atoms with E-state index in [1.807, 2.05) is 18.2 Å². The third-order valence-electron chi connectivity index (χ3n) is 3.87. The van der Waals surface area contributed by atoms with E-state index in [1.54, 1.807) is 36.4 Å². The van der Waals surface area contributed by atoms with Crippen LogP contribution < -0.4 is 10.7 Å². The number of aryl methyl sites for hydroxylation is 2. The van der Waals surface area contributed by atoms with Gasteiger partial charge in [0.2, 0.25) is 5.71 Å². The molecule has 0 aliphatic rings. The molecule has 2 aromatic rings. The van der Waals surface area contributed by atoms with Crippen LogP contribution in [0.25, 0.3) is 0 Å². The molecule has 0 fully saturated rings. The van der Waals surface area contributed by atoms with Crippen LogP contribution in [0.4, 0.5) is 11.4 Å². The summed E-state index contributed by atoms with van der Waals surface area (Å²) in [6.45, 7) is 4.10. The summed E-state index contributed by atoms with van der Waals surface area (Å²) in [5.74, 6) is -0.228. The largest absolute Gasteiger partial charge is 0.321 e. The first-order chi connectivity index (χ1) is 12.6. The van der Waals surface area contributed by atoms with Gasteiger partial charge in [0.15, 0.2) is 0 Å². The minimum atomic E-state index is -0.288. The minimum Gasteiger partial charge on any atom is -0.321 e. The van der Waals surface area contributed by atoms with Gasteiger partial charge in [-0.25, -0.2) is 0 Å². The standard InChI is InChI=1S/C20H19N5O/c1-3-14-7-5-8-15(4-2)19(14)23-20(26)16-9-6-10-17(11-16)24-25-18(12-21)13-22/h5-11,24H,3-4H2,1-2H3,(H,23,26). The van der Waals surface area contributed by atoms with Gasteiger partial charge in [0, 0.05) is 11.3 Å². The Kier molecular flexibility index (Phi) is 6.47. The summed E-state index contributed by atoms with van der Waals surface area (Å²) in [5, 5.41) is 24.1. The molecule has 0 aliphatic heterocycles. The van der Waals surface area contributed by atoms with Crippen molar-refractivity contribution in [3.8, 4) is 12.1 Å². The molecule has 6 nitrogen and oxygen atoms in total. The number of amides is 1. The molecular formula is C20H19N5O. The number of rotatable bonds is 6. The van der Waals surface area contributed by atoms with Gasteiger partial charge in [0.05, 0.1) is 5.69 Å². The summed E-state index contributed by atoms with van der Waals surface area (Å²) in [6.07, 6.45) is 1.65. The van der Waals surface area contributed by atoms with Crippen molar-refractivity contribution in [3.63, 3.8) is 0 Å². The van der Waals surface area contributed by atoms with E-state index < -0.39 is 0 Å². The maximum atomic E-state index is 12.7. The summed E-state index contributed by atoms with van der Waals surface area (Å²) in [4.78, 5) is 12.7. The first kappa shape index (κ1) is 18.7. The van der Waals surface area contributed by atoms with E-state index in [0.717, 1.165) is 29.7 Å². The lowest BCUT2D eigenvalue weighted by Crippen LogP contribution is -2.15. The average Bonchev–Trinajstić information content (AvgIpc) is 2.69. The van der Waals surface area contributed by atoms with Crippen LogP contribution in [0.5, 0.6) is 0 Å². The van der Waals surface area contributed by atoms with E-state index in [2.05, 4.69) is 29.7 Å². The number of carbonyl (C=O) groups is 1. The van der Waals surface area contributed by atoms with Gasteiger partial charge >= 0.3 is 0 Å². The zero-order valence-corrected chi connectivity index (χ0v) is 14.7. The lowest BCUT2D eigenvalue weighted by molar-refractivity contribution is 0.102. The summed E-state index contributed by atoms with van der Waals surface area (Å²) in [5.41, 5.74) is 6.32. The molecule has 2 N–H and O–H groups in total. The Bertz CT molecular complexity index is 880. The van der Waals surface area contributed by atoms with Crippen molar-refractivity contribution in [1.82, 2.24) is 0 Å². The Hall–Kier alpha value is -3.64. The van der Waals surface area contributed by atoms with Gasteiger partial charge in [-0.2, -0.15) is 15.6 Å². The second-order valence-electron chi connectivity index (χ2n) is 5.49. The van der Waals surface area contributed by atoms with Crippen molar-refractivity contribution >= 4 is 23.0 Å². The number of anilines is 2. The molecule has 0 atom stereocenters. The number of carbonyl (C=O) groups excluding carboxylic acids is 1. The highest BCUT2D eigenvalue weighted by molar-refractivity contribution is 6.10. The maximum absolute atomic E-state index is 12.7. The number of hydrogen-bond acceptors (Lipinski definition) is 5. The van der Waals surface area contributed by atoms with Gasteiger partial charge in [0.1, 0.15) is 12.1 Å². The van der Waals surface area contributed by atoms with E-state index in [1.165, 1.54) is 0 Å². The number of para-hydroxylation sites is 1. The quantitative estimate of drug-likeness (QED) is 0.613. The van der Waals surface area contributed by atoms with Crippen molar-refractivity contribution in [2.75, 3.05) is 10.7 Å². The summed E-state index contributed by atoms with van der Waals surface area (Å²) in [6, 6.07) is 16.1. The van der Waals surface area contributed by atoms with E-state index in [-0.39, 0.29) is 11.6 Å². The maximum Gasteiger partial charge on any atom is 0.255 e. The fourth-order valence-electron chi connectivity index (χ4n) is 2.51. The van der Waals surface area contributed by atoms with Crippen LogP contribution in [0.3, 0.4) is 0 Å². The highest BCUT2D eigenvalue weighted by Crippen LogP contribution is 2.23. The smallest absolute Gasteiger partial charge is 0.255 e. The highest BCUT2D eigenvalue weighted by Gasteiger charge is 2.12. The van der Waals surface area contributed by atoms with E-state index in [4.69, 9.17) is 10.5 Å². The molecule has 0 radical (unpaired) electrons. The number of benzene rings is 2. The fourth-order valence-corrected chi connectivity index (χ4v) is 2.51. The molecule has 6 heteroatoms. The Labute approximate surface area is 152 Å². The molecule has 2 rings (SSSR count). The predicted molar refractivity (Wildman–Crippen MR) is 102 cm³/mol. The van der Waals surface area contributed by atoms with Gasteiger partial charge in [-0.1, -0.05) is 38.1 Å². The minimum absolute atomic E-state index is 0.228. The number of hydrazone groups is 1. The third kappa shape index (κ3) is 4.46. The topological polar surface area (TPSA) is 101 Å². The van der Waals surface area contributed by atoms with E-state index >= 15 is 0 Å². The second kappa shape index (κ2) is 9.00. The molecular weight excluding hydrogens is 326 g/mol. The lowest BCUT2D eigenvalue weighted by Gasteiger charge is -2.14. The molecule has 0 aromatic heterocycles. The SMILES string of the molecule is CCc1cccc(CC)c1NC(=O)c1cccc(NN=C(C#N)C#N)c1. The van der Waals surface area contributed by atoms with Crippen LogP contribution in [0.1, 0.15) is 35.3 Å². The Morgan fingerprint density at radius 2 is 1.65 bits per heavy atom. The van der Waals surface area contributed by atoms with Crippen molar-refractivity contribution in [1.29, 1.82) is 10.5 Å². The first-order valence-electron chi connectivity index (χ1n) is 8.29. The predicted octanol–water partition coefficient (Wildman–Crippen LogP) is 3.88. The second-order valence-corrected chi connectivity index (χ2v) is 5.49. The molecule has 26 heavy (non-hydrogen) atoms. The van der Waals surface area contributed by atoms with Crippen LogP contribution in [0.2, 0.25) is 0 Å². The van der Waals surface area contributed by atoms with Gasteiger partial charge in [-0.05, 0) is 42.2 Å². The zero-order valence-electron chi connectivity index (χ0n) is 14.7. The molecule has 2 aromatic carbocycles. The van der Waals surface area contributed by atoms with Crippen molar-refractivity contribution in [2.24, 2.45) is 5.10 Å². The van der Waals surface area contributed by atoms with E-state index in [0.29, 0.717) is 11.3 Å². The Morgan fingerprint density at radius 3 is 2.23 bits per heavy atom. The number of nitrogens with one attached hydrogen (secondary N) is 2. The molecule has 0 bridgehead atoms. The van der Waals surface area contributed by atoms with Crippen LogP contribution in [-0.2, 0) is 12.8 Å². The zero-order chi connectivity index (χ0) is 18.9. The Balaban J connectivity index is 2.24. The van der Waals surface area contributed by atoms with Crippen LogP contribution in [0, 0.1) is 22.7 Å². The summed E-state index contributed by atoms with van der Waals surface area (Å²) < 4.78 is 0. The van der Waals surface area contributed by atoms with Gasteiger partial charge in [-0.3, -0.25) is 10.2 Å². The lowest BCUT2D eigenvalue weighted by atomic mass is 10.0. The van der Waals surface area contributed by atoms with Crippen LogP contribution in [-0.4, -0.2) is 11.6 Å². The average molecular weight is 345 g/mol. The molecule has 0 aliphatic carbocycles. The van der Waals surface area contributed by atoms with E-state index in [9.17, 15) is 4.79 Å². The number of nitrogens with zero attached hydrogens (tertiary/aromatic N) is 3. The molecule has 0 unspecified atom stereocenters. The van der Waals surface area contributed by atoms with Gasteiger partial charge < -0.3 is 5.32 Å². The van der Waals surface area contributed by atoms with Crippen LogP contribution >= 0.6 is 0 Å². The van der Waals surface area contributed by atoms with Crippen molar-refractivity contribution < 1.29 is 4.79 Å². The van der Waals surface area contributed by atoms with Gasteiger partial charge in [0.25, 0.3) is 5.91 Å². The molecule has 0 heterocycles. The monoisotopic (exact) mass is 345 g/mol. The molecule has 0 saturated heterocycles. The first-order valence-corrected chi connectivity index (χ1v) is 8.29. The number of nitriles is 2. The fraction of sp³-hybridized carbons (Fsp3) is 0.200. The molecule has 130 valence electrons. The molecule has 0 saturated carbocycles. The summed E-state index contributed by atoms with van der Waals surface area (Å²) in [7, 11) is 0. The van der Waals surface area contributed by atoms with Crippen molar-refractivity contribution in [3.05, 3.63) is 59.2 Å². The van der Waals surface area contributed by atoms with Gasteiger partial charge in [-0.15, -0.1) is 0 Å². The van der Waals surface area contributed by atoms with Crippen molar-refractivity contribution in [2.45, 2.75) is 26.7 Å². The van der Waals surface area contributed by atoms with Crippen LogP contribution in [0.15, 0.2) is 47.6 Å². The summed E-state index contributed by atoms with van der Waals surface area (Å²) >= 11 is 0. The molecule has 1 amide bonds. The Morgan fingerprint density at radius 1 is 1.04 bits per heavy atom. The normalized spacial score (nSPS) is 9.54. The highest BCUT2D eigenvalue weighted by atomic mass is 16.1. The third-order valence-corrected chi connectivity index (χ3v) is 3.87. The molecule has 0 spiro atoms.